The average Bonchev–Trinajstić information content (AvgIpc) is 3.06. The van der Waals surface area contributed by atoms with Crippen LogP contribution in [-0.4, -0.2) is 71.7 Å². The van der Waals surface area contributed by atoms with Crippen molar-refractivity contribution in [1.29, 1.82) is 0 Å². The summed E-state index contributed by atoms with van der Waals surface area (Å²) in [5, 5.41) is 21.4. The van der Waals surface area contributed by atoms with Crippen LogP contribution in [0.4, 0.5) is 0 Å². The van der Waals surface area contributed by atoms with Gasteiger partial charge in [-0.1, -0.05) is 74.0 Å². The number of ketones is 2. The first-order chi connectivity index (χ1) is 20.9. The Morgan fingerprint density at radius 1 is 0.605 bits per heavy atom. The molecular formula is C36H39NO6. The lowest BCUT2D eigenvalue weighted by Gasteiger charge is -2.27. The predicted molar refractivity (Wildman–Crippen MR) is 167 cm³/mol. The molecule has 0 aromatic heterocycles. The van der Waals surface area contributed by atoms with Crippen LogP contribution >= 0.6 is 0 Å². The molecule has 0 heterocycles. The molecular weight excluding hydrogens is 542 g/mol. The van der Waals surface area contributed by atoms with E-state index in [1.54, 1.807) is 72.8 Å². The van der Waals surface area contributed by atoms with Crippen molar-refractivity contribution < 1.29 is 29.3 Å². The first-order valence-electron chi connectivity index (χ1n) is 14.7. The van der Waals surface area contributed by atoms with Gasteiger partial charge in [0.15, 0.2) is 11.6 Å². The van der Waals surface area contributed by atoms with Gasteiger partial charge in [-0.15, -0.1) is 0 Å². The number of nitrogens with zero attached hydrogens (tertiary/aromatic N) is 1. The van der Waals surface area contributed by atoms with Crippen LogP contribution < -0.4 is 9.47 Å². The van der Waals surface area contributed by atoms with E-state index in [1.165, 1.54) is 0 Å². The van der Waals surface area contributed by atoms with E-state index in [0.29, 0.717) is 46.8 Å². The summed E-state index contributed by atoms with van der Waals surface area (Å²) in [6.45, 7) is 3.63. The minimum absolute atomic E-state index is 0.0588. The van der Waals surface area contributed by atoms with Crippen molar-refractivity contribution in [3.63, 3.8) is 0 Å². The maximum Gasteiger partial charge on any atom is 0.193 e. The Hall–Kier alpha value is -4.30. The lowest BCUT2D eigenvalue weighted by atomic mass is 10.0. The Morgan fingerprint density at radius 2 is 0.977 bits per heavy atom. The molecule has 4 aromatic carbocycles. The number of carbonyl (C=O) groups is 2. The van der Waals surface area contributed by atoms with E-state index in [9.17, 15) is 19.8 Å². The quantitative estimate of drug-likeness (QED) is 0.161. The molecule has 224 valence electrons. The van der Waals surface area contributed by atoms with Gasteiger partial charge >= 0.3 is 0 Å². The molecule has 0 saturated carbocycles. The second kappa shape index (κ2) is 16.4. The van der Waals surface area contributed by atoms with Crippen LogP contribution in [-0.2, 0) is 0 Å². The van der Waals surface area contributed by atoms with Gasteiger partial charge in [0, 0.05) is 35.3 Å². The van der Waals surface area contributed by atoms with E-state index in [4.69, 9.17) is 9.47 Å². The lowest BCUT2D eigenvalue weighted by Crippen LogP contribution is -2.42. The second-order valence-electron chi connectivity index (χ2n) is 10.5. The number of hydrogen-bond donors (Lipinski definition) is 2. The molecule has 7 heteroatoms. The van der Waals surface area contributed by atoms with Crippen LogP contribution in [0.5, 0.6) is 11.5 Å². The Morgan fingerprint density at radius 3 is 1.35 bits per heavy atom. The Bertz CT molecular complexity index is 1300. The van der Waals surface area contributed by atoms with Crippen LogP contribution in [0.15, 0.2) is 109 Å². The third-order valence-electron chi connectivity index (χ3n) is 6.96. The highest BCUT2D eigenvalue weighted by Crippen LogP contribution is 2.17. The van der Waals surface area contributed by atoms with E-state index >= 15 is 0 Å². The Labute approximate surface area is 253 Å². The van der Waals surface area contributed by atoms with Crippen molar-refractivity contribution in [3.8, 4) is 11.5 Å². The number of hydrogen-bond acceptors (Lipinski definition) is 7. The van der Waals surface area contributed by atoms with E-state index < -0.39 is 12.2 Å². The molecule has 0 spiro atoms. The zero-order chi connectivity index (χ0) is 30.4. The second-order valence-corrected chi connectivity index (χ2v) is 10.5. The van der Waals surface area contributed by atoms with E-state index in [0.717, 1.165) is 19.4 Å². The number of rotatable bonds is 17. The fourth-order valence-corrected chi connectivity index (χ4v) is 4.64. The molecule has 0 bridgehead atoms. The largest absolute Gasteiger partial charge is 0.491 e. The minimum Gasteiger partial charge on any atom is -0.491 e. The fourth-order valence-electron chi connectivity index (χ4n) is 4.64. The van der Waals surface area contributed by atoms with E-state index in [-0.39, 0.29) is 24.8 Å². The van der Waals surface area contributed by atoms with Crippen molar-refractivity contribution in [2.24, 2.45) is 0 Å². The number of unbranched alkanes of at least 4 members (excludes halogenated alkanes) is 1. The van der Waals surface area contributed by atoms with E-state index in [2.05, 4.69) is 6.92 Å². The lowest BCUT2D eigenvalue weighted by molar-refractivity contribution is 0.0309. The smallest absolute Gasteiger partial charge is 0.193 e. The Balaban J connectivity index is 1.22. The van der Waals surface area contributed by atoms with Gasteiger partial charge in [-0.25, -0.2) is 0 Å². The van der Waals surface area contributed by atoms with Gasteiger partial charge in [0.2, 0.25) is 0 Å². The van der Waals surface area contributed by atoms with Crippen molar-refractivity contribution in [3.05, 3.63) is 131 Å². The van der Waals surface area contributed by atoms with Gasteiger partial charge < -0.3 is 19.7 Å². The molecule has 4 aromatic rings. The summed E-state index contributed by atoms with van der Waals surface area (Å²) in [5.74, 6) is 1.01. The number of benzene rings is 4. The summed E-state index contributed by atoms with van der Waals surface area (Å²) in [5.41, 5.74) is 2.38. The molecule has 2 unspecified atom stereocenters. The summed E-state index contributed by atoms with van der Waals surface area (Å²) in [7, 11) is 0. The summed E-state index contributed by atoms with van der Waals surface area (Å²) >= 11 is 0. The number of aliphatic hydroxyl groups is 2. The van der Waals surface area contributed by atoms with Crippen molar-refractivity contribution >= 4 is 11.6 Å². The summed E-state index contributed by atoms with van der Waals surface area (Å²) in [4.78, 5) is 27.2. The van der Waals surface area contributed by atoms with Gasteiger partial charge in [-0.3, -0.25) is 14.5 Å². The van der Waals surface area contributed by atoms with Gasteiger partial charge in [0.05, 0.1) is 0 Å². The highest BCUT2D eigenvalue weighted by atomic mass is 16.5. The molecule has 43 heavy (non-hydrogen) atoms. The molecule has 0 aliphatic carbocycles. The predicted octanol–water partition coefficient (Wildman–Crippen LogP) is 5.43. The molecule has 4 rings (SSSR count). The number of ether oxygens (including phenoxy) is 2. The zero-order valence-corrected chi connectivity index (χ0v) is 24.5. The third-order valence-corrected chi connectivity index (χ3v) is 6.96. The van der Waals surface area contributed by atoms with Crippen LogP contribution in [0.2, 0.25) is 0 Å². The van der Waals surface area contributed by atoms with Crippen LogP contribution in [0.25, 0.3) is 0 Å². The molecule has 0 radical (unpaired) electrons. The number of aliphatic hydroxyl groups excluding tert-OH is 2. The summed E-state index contributed by atoms with van der Waals surface area (Å²) < 4.78 is 11.6. The molecule has 0 aliphatic heterocycles. The monoisotopic (exact) mass is 581 g/mol. The van der Waals surface area contributed by atoms with Gasteiger partial charge in [0.25, 0.3) is 0 Å². The SMILES string of the molecule is CCCCN(CC(O)COc1ccc(C(=O)c2ccccc2)cc1)CC(O)COc1ccc(C(=O)c2ccccc2)cc1. The van der Waals surface area contributed by atoms with Crippen molar-refractivity contribution in [1.82, 2.24) is 4.90 Å². The topological polar surface area (TPSA) is 96.3 Å². The number of carbonyl (C=O) groups excluding carboxylic acids is 2. The molecule has 0 fully saturated rings. The normalized spacial score (nSPS) is 12.5. The van der Waals surface area contributed by atoms with Crippen LogP contribution in [0, 0.1) is 0 Å². The first-order valence-corrected chi connectivity index (χ1v) is 14.7. The maximum atomic E-state index is 12.6. The van der Waals surface area contributed by atoms with E-state index in [1.807, 2.05) is 41.3 Å². The molecule has 7 nitrogen and oxygen atoms in total. The van der Waals surface area contributed by atoms with Crippen LogP contribution in [0.3, 0.4) is 0 Å². The molecule has 0 aliphatic rings. The summed E-state index contributed by atoms with van der Waals surface area (Å²) in [6, 6.07) is 32.0. The highest BCUT2D eigenvalue weighted by molar-refractivity contribution is 6.09. The minimum atomic E-state index is -0.773. The fraction of sp³-hybridized carbons (Fsp3) is 0.278. The first kappa shape index (κ1) is 31.6. The average molecular weight is 582 g/mol. The highest BCUT2D eigenvalue weighted by Gasteiger charge is 2.17. The van der Waals surface area contributed by atoms with Gasteiger partial charge in [-0.05, 0) is 61.5 Å². The van der Waals surface area contributed by atoms with Crippen molar-refractivity contribution in [2.75, 3.05) is 32.8 Å². The van der Waals surface area contributed by atoms with Crippen molar-refractivity contribution in [2.45, 2.75) is 32.0 Å². The molecule has 2 atom stereocenters. The standard InChI is InChI=1S/C36H39NO6/c1-2-3-22-37(23-31(38)25-42-33-18-14-29(15-19-33)35(40)27-10-6-4-7-11-27)24-32(39)26-43-34-20-16-30(17-21-34)36(41)28-12-8-5-9-13-28/h4-21,31-32,38-39H,2-3,22-26H2,1H3. The Kier molecular flexibility index (Phi) is 12.0. The molecule has 0 amide bonds. The molecule has 0 saturated heterocycles. The van der Waals surface area contributed by atoms with Gasteiger partial charge in [0.1, 0.15) is 36.9 Å². The third kappa shape index (κ3) is 9.89. The molecule has 2 N–H and O–H groups in total. The maximum absolute atomic E-state index is 12.6. The van der Waals surface area contributed by atoms with Gasteiger partial charge in [-0.2, -0.15) is 0 Å². The summed E-state index contributed by atoms with van der Waals surface area (Å²) in [6.07, 6.45) is 0.364. The zero-order valence-electron chi connectivity index (χ0n) is 24.5. The van der Waals surface area contributed by atoms with Crippen LogP contribution in [0.1, 0.15) is 51.6 Å².